The lowest BCUT2D eigenvalue weighted by Crippen LogP contribution is -2.33. The van der Waals surface area contributed by atoms with Crippen molar-refractivity contribution in [2.45, 2.75) is 25.3 Å². The summed E-state index contributed by atoms with van der Waals surface area (Å²) in [6.45, 7) is 1.67. The van der Waals surface area contributed by atoms with Crippen molar-refractivity contribution in [2.75, 3.05) is 25.4 Å². The lowest BCUT2D eigenvalue weighted by molar-refractivity contribution is 0.159. The van der Waals surface area contributed by atoms with E-state index in [1.807, 2.05) is 0 Å². The van der Waals surface area contributed by atoms with Crippen molar-refractivity contribution in [1.82, 2.24) is 4.90 Å². The zero-order valence-corrected chi connectivity index (χ0v) is 8.91. The molecule has 0 aromatic rings. The van der Waals surface area contributed by atoms with Gasteiger partial charge in [-0.3, -0.25) is 9.45 Å². The Morgan fingerprint density at radius 2 is 2.14 bits per heavy atom. The van der Waals surface area contributed by atoms with Crippen LogP contribution in [-0.2, 0) is 10.1 Å². The molecule has 1 aliphatic heterocycles. The molecule has 84 valence electrons. The lowest BCUT2D eigenvalue weighted by Gasteiger charge is -2.21. The predicted octanol–water partition coefficient (Wildman–Crippen LogP) is -0.279. The van der Waals surface area contributed by atoms with Crippen molar-refractivity contribution >= 4 is 10.1 Å². The summed E-state index contributed by atoms with van der Waals surface area (Å²) in [6, 6.07) is 0.177. The average molecular weight is 223 g/mol. The third-order valence-electron chi connectivity index (χ3n) is 2.56. The Bertz CT molecular complexity index is 265. The second kappa shape index (κ2) is 5.06. The van der Waals surface area contributed by atoms with Gasteiger partial charge in [0.15, 0.2) is 0 Å². The summed E-state index contributed by atoms with van der Waals surface area (Å²) in [7, 11) is -3.83. The maximum atomic E-state index is 10.4. The van der Waals surface area contributed by atoms with E-state index in [9.17, 15) is 8.42 Å². The summed E-state index contributed by atoms with van der Waals surface area (Å²) in [6.07, 6.45) is 2.45. The molecule has 1 aliphatic rings. The van der Waals surface area contributed by atoms with Crippen molar-refractivity contribution in [2.24, 2.45) is 0 Å². The summed E-state index contributed by atoms with van der Waals surface area (Å²) < 4.78 is 29.4. The standard InChI is InChI=1S/C8H17NO4S/c10-7-8-3-1-4-9(8)5-2-6-14(11,12)13/h8,10H,1-7H2,(H,11,12,13)/t8-/m0/s1. The van der Waals surface area contributed by atoms with Crippen LogP contribution in [0.4, 0.5) is 0 Å². The van der Waals surface area contributed by atoms with Gasteiger partial charge < -0.3 is 5.11 Å². The lowest BCUT2D eigenvalue weighted by atomic mass is 10.2. The van der Waals surface area contributed by atoms with E-state index in [1.54, 1.807) is 0 Å². The van der Waals surface area contributed by atoms with Crippen LogP contribution in [0.25, 0.3) is 0 Å². The van der Waals surface area contributed by atoms with Crippen LogP contribution in [0.1, 0.15) is 19.3 Å². The molecule has 5 nitrogen and oxygen atoms in total. The van der Waals surface area contributed by atoms with E-state index < -0.39 is 10.1 Å². The van der Waals surface area contributed by atoms with Crippen LogP contribution < -0.4 is 0 Å². The van der Waals surface area contributed by atoms with Gasteiger partial charge in [-0.25, -0.2) is 0 Å². The molecule has 0 saturated carbocycles. The molecule has 1 heterocycles. The van der Waals surface area contributed by atoms with Crippen LogP contribution in [0.3, 0.4) is 0 Å². The minimum atomic E-state index is -3.83. The molecule has 0 radical (unpaired) electrons. The van der Waals surface area contributed by atoms with Crippen LogP contribution in [-0.4, -0.2) is 54.5 Å². The number of aliphatic hydroxyl groups is 1. The number of hydrogen-bond acceptors (Lipinski definition) is 4. The van der Waals surface area contributed by atoms with E-state index in [-0.39, 0.29) is 18.4 Å². The summed E-state index contributed by atoms with van der Waals surface area (Å²) in [4.78, 5) is 2.07. The van der Waals surface area contributed by atoms with Crippen molar-refractivity contribution in [3.8, 4) is 0 Å². The average Bonchev–Trinajstić information content (AvgIpc) is 2.49. The second-order valence-corrected chi connectivity index (χ2v) is 5.23. The van der Waals surface area contributed by atoms with Gasteiger partial charge in [-0.2, -0.15) is 8.42 Å². The highest BCUT2D eigenvalue weighted by Crippen LogP contribution is 2.16. The van der Waals surface area contributed by atoms with Crippen LogP contribution in [0.2, 0.25) is 0 Å². The van der Waals surface area contributed by atoms with Crippen molar-refractivity contribution in [3.63, 3.8) is 0 Å². The summed E-state index contributed by atoms with van der Waals surface area (Å²) in [5.41, 5.74) is 0. The maximum Gasteiger partial charge on any atom is 0.264 e. The Morgan fingerprint density at radius 1 is 1.43 bits per heavy atom. The van der Waals surface area contributed by atoms with Crippen LogP contribution in [0.15, 0.2) is 0 Å². The molecule has 0 aromatic carbocycles. The molecule has 2 N–H and O–H groups in total. The van der Waals surface area contributed by atoms with E-state index in [0.29, 0.717) is 13.0 Å². The second-order valence-electron chi connectivity index (χ2n) is 3.65. The predicted molar refractivity (Wildman–Crippen MR) is 52.7 cm³/mol. The normalized spacial score (nSPS) is 24.3. The molecule has 0 bridgehead atoms. The smallest absolute Gasteiger partial charge is 0.264 e. The third-order valence-corrected chi connectivity index (χ3v) is 3.36. The number of rotatable bonds is 5. The first-order valence-electron chi connectivity index (χ1n) is 4.83. The molecule has 14 heavy (non-hydrogen) atoms. The number of hydrogen-bond donors (Lipinski definition) is 2. The first kappa shape index (κ1) is 11.9. The van der Waals surface area contributed by atoms with Gasteiger partial charge in [-0.15, -0.1) is 0 Å². The number of likely N-dealkylation sites (tertiary alicyclic amines) is 1. The minimum absolute atomic E-state index is 0.131. The van der Waals surface area contributed by atoms with E-state index in [0.717, 1.165) is 19.4 Å². The SMILES string of the molecule is O=S(=O)(O)CCCN1CCC[C@H]1CO. The maximum absolute atomic E-state index is 10.4. The van der Waals surface area contributed by atoms with Gasteiger partial charge in [0.2, 0.25) is 0 Å². The zero-order chi connectivity index (χ0) is 10.6. The Kier molecular flexibility index (Phi) is 4.31. The fraction of sp³-hybridized carbons (Fsp3) is 1.00. The van der Waals surface area contributed by atoms with E-state index in [4.69, 9.17) is 9.66 Å². The Labute approximate surface area is 84.5 Å². The molecule has 0 amide bonds. The fourth-order valence-corrected chi connectivity index (χ4v) is 2.34. The summed E-state index contributed by atoms with van der Waals surface area (Å²) in [5.74, 6) is -0.193. The van der Waals surface area contributed by atoms with E-state index >= 15 is 0 Å². The zero-order valence-electron chi connectivity index (χ0n) is 8.09. The van der Waals surface area contributed by atoms with Crippen molar-refractivity contribution in [1.29, 1.82) is 0 Å². The highest BCUT2D eigenvalue weighted by atomic mass is 32.2. The van der Waals surface area contributed by atoms with Gasteiger partial charge in [0.25, 0.3) is 10.1 Å². The molecule has 0 aliphatic carbocycles. The highest BCUT2D eigenvalue weighted by Gasteiger charge is 2.23. The first-order valence-corrected chi connectivity index (χ1v) is 6.44. The molecule has 0 unspecified atom stereocenters. The van der Waals surface area contributed by atoms with Crippen molar-refractivity contribution in [3.05, 3.63) is 0 Å². The Morgan fingerprint density at radius 3 is 2.71 bits per heavy atom. The molecule has 1 rings (SSSR count). The number of nitrogens with zero attached hydrogens (tertiary/aromatic N) is 1. The minimum Gasteiger partial charge on any atom is -0.395 e. The van der Waals surface area contributed by atoms with Gasteiger partial charge in [0.05, 0.1) is 12.4 Å². The molecule has 1 fully saturated rings. The molecule has 0 spiro atoms. The quantitative estimate of drug-likeness (QED) is 0.627. The molecule has 1 saturated heterocycles. The van der Waals surface area contributed by atoms with Gasteiger partial charge >= 0.3 is 0 Å². The first-order chi connectivity index (χ1) is 6.53. The molecule has 1 atom stereocenters. The topological polar surface area (TPSA) is 77.8 Å². The number of aliphatic hydroxyl groups excluding tert-OH is 1. The van der Waals surface area contributed by atoms with Gasteiger partial charge in [-0.1, -0.05) is 0 Å². The van der Waals surface area contributed by atoms with Crippen LogP contribution >= 0.6 is 0 Å². The van der Waals surface area contributed by atoms with Crippen molar-refractivity contribution < 1.29 is 18.1 Å². The Balaban J connectivity index is 2.24. The molecular weight excluding hydrogens is 206 g/mol. The van der Waals surface area contributed by atoms with Gasteiger partial charge in [0, 0.05) is 6.04 Å². The van der Waals surface area contributed by atoms with E-state index in [2.05, 4.69) is 4.90 Å². The largest absolute Gasteiger partial charge is 0.395 e. The highest BCUT2D eigenvalue weighted by molar-refractivity contribution is 7.85. The summed E-state index contributed by atoms with van der Waals surface area (Å²) in [5, 5.41) is 8.99. The molecule has 6 heteroatoms. The third kappa shape index (κ3) is 3.91. The summed E-state index contributed by atoms with van der Waals surface area (Å²) >= 11 is 0. The molecular formula is C8H17NO4S. The van der Waals surface area contributed by atoms with Gasteiger partial charge in [-0.05, 0) is 32.4 Å². The fourth-order valence-electron chi connectivity index (χ4n) is 1.85. The van der Waals surface area contributed by atoms with Crippen LogP contribution in [0, 0.1) is 0 Å². The Hall–Kier alpha value is -0.170. The van der Waals surface area contributed by atoms with Crippen LogP contribution in [0.5, 0.6) is 0 Å². The monoisotopic (exact) mass is 223 g/mol. The van der Waals surface area contributed by atoms with Gasteiger partial charge in [0.1, 0.15) is 0 Å². The molecule has 0 aromatic heterocycles. The van der Waals surface area contributed by atoms with E-state index in [1.165, 1.54) is 0 Å².